The zero-order valence-electron chi connectivity index (χ0n) is 9.97. The summed E-state index contributed by atoms with van der Waals surface area (Å²) in [5.74, 6) is 0.245. The molecule has 0 aliphatic rings. The molecule has 0 amide bonds. The summed E-state index contributed by atoms with van der Waals surface area (Å²) in [5.41, 5.74) is 1.32. The van der Waals surface area contributed by atoms with Gasteiger partial charge in [0.1, 0.15) is 5.75 Å². The fourth-order valence-corrected chi connectivity index (χ4v) is 1.10. The third-order valence-corrected chi connectivity index (χ3v) is 2.02. The standard InChI is InChI=1S/C7H8.C6H5ClO.CH4O/c1-7-5-3-2-4-6-7;7-5-1-3-6(8)4-2-5;1-2/h2-6H,1H3;1-4,8H;2H,1H3. The summed E-state index contributed by atoms with van der Waals surface area (Å²) >= 11 is 5.50. The Hall–Kier alpha value is -1.51. The van der Waals surface area contributed by atoms with E-state index in [0.717, 1.165) is 7.11 Å². The SMILES string of the molecule is CO.Cc1ccccc1.Oc1ccc(Cl)cc1. The minimum absolute atomic E-state index is 0.245. The summed E-state index contributed by atoms with van der Waals surface area (Å²) in [7, 11) is 1.00. The first-order chi connectivity index (χ1) is 8.18. The molecule has 0 unspecified atom stereocenters. The van der Waals surface area contributed by atoms with Crippen LogP contribution in [0.1, 0.15) is 5.56 Å². The highest BCUT2D eigenvalue weighted by Gasteiger charge is 1.84. The van der Waals surface area contributed by atoms with E-state index in [0.29, 0.717) is 5.02 Å². The molecule has 0 bridgehead atoms. The first-order valence-electron chi connectivity index (χ1n) is 5.09. The molecule has 0 fully saturated rings. The molecule has 92 valence electrons. The quantitative estimate of drug-likeness (QED) is 0.751. The summed E-state index contributed by atoms with van der Waals surface area (Å²) in [6.07, 6.45) is 0. The van der Waals surface area contributed by atoms with Gasteiger partial charge in [-0.15, -0.1) is 0 Å². The van der Waals surface area contributed by atoms with E-state index in [9.17, 15) is 0 Å². The van der Waals surface area contributed by atoms with Crippen molar-refractivity contribution in [2.75, 3.05) is 7.11 Å². The van der Waals surface area contributed by atoms with Gasteiger partial charge in [-0.25, -0.2) is 0 Å². The summed E-state index contributed by atoms with van der Waals surface area (Å²) in [6.45, 7) is 2.08. The molecular weight excluding hydrogens is 236 g/mol. The van der Waals surface area contributed by atoms with Crippen LogP contribution in [0.5, 0.6) is 5.75 Å². The molecule has 2 nitrogen and oxygen atoms in total. The second-order valence-corrected chi connectivity index (χ2v) is 3.57. The monoisotopic (exact) mass is 252 g/mol. The predicted molar refractivity (Wildman–Crippen MR) is 72.4 cm³/mol. The summed E-state index contributed by atoms with van der Waals surface area (Å²) in [5, 5.41) is 16.3. The van der Waals surface area contributed by atoms with Crippen LogP contribution >= 0.6 is 11.6 Å². The molecule has 0 aliphatic heterocycles. The van der Waals surface area contributed by atoms with Gasteiger partial charge in [-0.05, 0) is 31.2 Å². The number of hydrogen-bond acceptors (Lipinski definition) is 2. The van der Waals surface area contributed by atoms with Crippen molar-refractivity contribution in [3.8, 4) is 5.75 Å². The number of phenols is 1. The third kappa shape index (κ3) is 8.31. The predicted octanol–water partition coefficient (Wildman–Crippen LogP) is 3.65. The molecule has 0 saturated carbocycles. The van der Waals surface area contributed by atoms with E-state index >= 15 is 0 Å². The lowest BCUT2D eigenvalue weighted by atomic mass is 10.2. The summed E-state index contributed by atoms with van der Waals surface area (Å²) in [4.78, 5) is 0. The Kier molecular flexibility index (Phi) is 8.84. The molecule has 2 N–H and O–H groups in total. The molecule has 2 aromatic rings. The Bertz CT molecular complexity index is 364. The van der Waals surface area contributed by atoms with Crippen LogP contribution in [0, 0.1) is 6.92 Å². The van der Waals surface area contributed by atoms with Crippen molar-refractivity contribution < 1.29 is 10.2 Å². The highest BCUT2D eigenvalue weighted by Crippen LogP contribution is 2.12. The van der Waals surface area contributed by atoms with Crippen LogP contribution in [-0.2, 0) is 0 Å². The topological polar surface area (TPSA) is 40.5 Å². The molecule has 3 heteroatoms. The number of benzene rings is 2. The van der Waals surface area contributed by atoms with Gasteiger partial charge < -0.3 is 10.2 Å². The van der Waals surface area contributed by atoms with Crippen molar-refractivity contribution in [3.63, 3.8) is 0 Å². The van der Waals surface area contributed by atoms with Gasteiger partial charge >= 0.3 is 0 Å². The first kappa shape index (κ1) is 15.5. The maximum Gasteiger partial charge on any atom is 0.115 e. The number of rotatable bonds is 0. The maximum atomic E-state index is 8.70. The maximum absolute atomic E-state index is 8.70. The first-order valence-corrected chi connectivity index (χ1v) is 5.47. The Morgan fingerprint density at radius 2 is 1.29 bits per heavy atom. The number of phenolic OH excluding ortho intramolecular Hbond substituents is 1. The third-order valence-electron chi connectivity index (χ3n) is 1.77. The van der Waals surface area contributed by atoms with E-state index in [4.69, 9.17) is 21.8 Å². The number of hydrogen-bond donors (Lipinski definition) is 2. The van der Waals surface area contributed by atoms with Crippen molar-refractivity contribution >= 4 is 11.6 Å². The van der Waals surface area contributed by atoms with E-state index in [2.05, 4.69) is 19.1 Å². The minimum Gasteiger partial charge on any atom is -0.508 e. The lowest BCUT2D eigenvalue weighted by Crippen LogP contribution is -1.62. The Balaban J connectivity index is 0.000000265. The summed E-state index contributed by atoms with van der Waals surface area (Å²) < 4.78 is 0. The van der Waals surface area contributed by atoms with Crippen molar-refractivity contribution in [1.82, 2.24) is 0 Å². The molecule has 0 aromatic heterocycles. The smallest absolute Gasteiger partial charge is 0.115 e. The molecule has 0 saturated heterocycles. The molecular formula is C14H17ClO2. The molecule has 17 heavy (non-hydrogen) atoms. The van der Waals surface area contributed by atoms with Gasteiger partial charge in [-0.1, -0.05) is 47.5 Å². The molecule has 2 rings (SSSR count). The average Bonchev–Trinajstić information content (AvgIpc) is 2.37. The van der Waals surface area contributed by atoms with Gasteiger partial charge in [-0.3, -0.25) is 0 Å². The van der Waals surface area contributed by atoms with Gasteiger partial charge in [0.05, 0.1) is 0 Å². The van der Waals surface area contributed by atoms with Gasteiger partial charge in [0, 0.05) is 12.1 Å². The molecule has 2 aromatic carbocycles. The van der Waals surface area contributed by atoms with Crippen LogP contribution in [0.15, 0.2) is 54.6 Å². The number of halogens is 1. The lowest BCUT2D eigenvalue weighted by Gasteiger charge is -1.87. The van der Waals surface area contributed by atoms with Crippen molar-refractivity contribution in [1.29, 1.82) is 0 Å². The highest BCUT2D eigenvalue weighted by molar-refractivity contribution is 6.30. The van der Waals surface area contributed by atoms with Crippen molar-refractivity contribution in [2.45, 2.75) is 6.92 Å². The molecule has 0 heterocycles. The van der Waals surface area contributed by atoms with Crippen LogP contribution < -0.4 is 0 Å². The number of aliphatic hydroxyl groups excluding tert-OH is 1. The van der Waals surface area contributed by atoms with Gasteiger partial charge in [0.25, 0.3) is 0 Å². The Morgan fingerprint density at radius 1 is 0.824 bits per heavy atom. The Morgan fingerprint density at radius 3 is 1.59 bits per heavy atom. The normalized spacial score (nSPS) is 8.24. The van der Waals surface area contributed by atoms with E-state index in [1.54, 1.807) is 24.3 Å². The van der Waals surface area contributed by atoms with E-state index < -0.39 is 0 Å². The van der Waals surface area contributed by atoms with Crippen LogP contribution in [-0.4, -0.2) is 17.3 Å². The minimum atomic E-state index is 0.245. The second-order valence-electron chi connectivity index (χ2n) is 3.13. The van der Waals surface area contributed by atoms with Gasteiger partial charge in [0.2, 0.25) is 0 Å². The van der Waals surface area contributed by atoms with E-state index in [-0.39, 0.29) is 5.75 Å². The molecule has 0 atom stereocenters. The zero-order chi connectivity index (χ0) is 13.1. The zero-order valence-corrected chi connectivity index (χ0v) is 10.7. The number of aryl methyl sites for hydroxylation is 1. The van der Waals surface area contributed by atoms with Crippen LogP contribution in [0.4, 0.5) is 0 Å². The van der Waals surface area contributed by atoms with Crippen LogP contribution in [0.2, 0.25) is 5.02 Å². The highest BCUT2D eigenvalue weighted by atomic mass is 35.5. The van der Waals surface area contributed by atoms with Crippen LogP contribution in [0.25, 0.3) is 0 Å². The number of aliphatic hydroxyl groups is 1. The van der Waals surface area contributed by atoms with Crippen LogP contribution in [0.3, 0.4) is 0 Å². The Labute approximate surface area is 107 Å². The lowest BCUT2D eigenvalue weighted by molar-refractivity contribution is 0.399. The molecule has 0 radical (unpaired) electrons. The van der Waals surface area contributed by atoms with Crippen molar-refractivity contribution in [2.24, 2.45) is 0 Å². The second kappa shape index (κ2) is 9.70. The van der Waals surface area contributed by atoms with Crippen molar-refractivity contribution in [3.05, 3.63) is 65.2 Å². The number of aromatic hydroxyl groups is 1. The molecule has 0 spiro atoms. The van der Waals surface area contributed by atoms with E-state index in [1.807, 2.05) is 18.2 Å². The summed E-state index contributed by atoms with van der Waals surface area (Å²) in [6, 6.07) is 16.6. The van der Waals surface area contributed by atoms with E-state index in [1.165, 1.54) is 5.56 Å². The fraction of sp³-hybridized carbons (Fsp3) is 0.143. The largest absolute Gasteiger partial charge is 0.508 e. The molecule has 0 aliphatic carbocycles. The fourth-order valence-electron chi connectivity index (χ4n) is 0.975. The van der Waals surface area contributed by atoms with Gasteiger partial charge in [0.15, 0.2) is 0 Å². The van der Waals surface area contributed by atoms with Gasteiger partial charge in [-0.2, -0.15) is 0 Å². The average molecular weight is 253 g/mol.